The van der Waals surface area contributed by atoms with Crippen molar-refractivity contribution in [3.8, 4) is 12.8 Å². The van der Waals surface area contributed by atoms with Gasteiger partial charge in [0.25, 0.3) is 0 Å². The lowest BCUT2D eigenvalue weighted by molar-refractivity contribution is -0.133. The van der Waals surface area contributed by atoms with E-state index in [2.05, 4.69) is 25.1 Å². The van der Waals surface area contributed by atoms with Gasteiger partial charge in [0, 0.05) is 13.1 Å². The molecule has 0 aliphatic heterocycles. The Morgan fingerprint density at radius 3 is 2.47 bits per heavy atom. The largest absolute Gasteiger partial charge is 0.481 e. The summed E-state index contributed by atoms with van der Waals surface area (Å²) in [6, 6.07) is 0. The lowest BCUT2D eigenvalue weighted by atomic mass is 10.1. The molecular weight excluding hydrogens is 262 g/mol. The second kappa shape index (κ2) is 14.4. The van der Waals surface area contributed by atoms with Crippen LogP contribution in [0.4, 0.5) is 0 Å². The number of carbonyl (C=O) groups is 2. The van der Waals surface area contributed by atoms with Crippen molar-refractivity contribution in [1.29, 1.82) is 0 Å². The van der Waals surface area contributed by atoms with E-state index in [1.807, 2.05) is 0 Å². The van der Waals surface area contributed by atoms with Crippen molar-refractivity contribution in [2.45, 2.75) is 26.2 Å². The second-order valence-corrected chi connectivity index (χ2v) is 4.34. The summed E-state index contributed by atoms with van der Waals surface area (Å²) in [4.78, 5) is 21.5. The van der Waals surface area contributed by atoms with Crippen molar-refractivity contribution in [3.63, 3.8) is 0 Å². The van der Waals surface area contributed by atoms with Crippen molar-refractivity contribution >= 4 is 23.6 Å². The standard InChI is InChI=1S/C12H19NO3S.C2H2/c1-3-4-5-10(8-11(14)13-2)6-7-17-9-12(15)16;1-2/h6-8H,3-5,9H2,1-2H3,(H,13,14)(H,15,16);1-2H/b7-6+,10-8-;. The number of likely N-dealkylation sites (N-methyl/N-ethyl adjacent to an activating group) is 1. The van der Waals surface area contributed by atoms with Crippen molar-refractivity contribution in [1.82, 2.24) is 5.32 Å². The number of terminal acetylenes is 1. The lowest BCUT2D eigenvalue weighted by Crippen LogP contribution is -2.14. The normalized spacial score (nSPS) is 10.6. The topological polar surface area (TPSA) is 66.4 Å². The Morgan fingerprint density at radius 1 is 1.37 bits per heavy atom. The van der Waals surface area contributed by atoms with Crippen LogP contribution in [0.2, 0.25) is 0 Å². The molecule has 4 nitrogen and oxygen atoms in total. The number of carboxylic acids is 1. The van der Waals surface area contributed by atoms with Gasteiger partial charge in [-0.3, -0.25) is 9.59 Å². The summed E-state index contributed by atoms with van der Waals surface area (Å²) in [7, 11) is 1.58. The molecule has 0 bridgehead atoms. The van der Waals surface area contributed by atoms with Gasteiger partial charge in [0.15, 0.2) is 0 Å². The first kappa shape index (κ1) is 19.7. The molecule has 0 aliphatic rings. The van der Waals surface area contributed by atoms with Gasteiger partial charge in [-0.25, -0.2) is 0 Å². The second-order valence-electron chi connectivity index (χ2n) is 3.44. The molecule has 0 aliphatic carbocycles. The predicted octanol–water partition coefficient (Wildman–Crippen LogP) is 2.43. The van der Waals surface area contributed by atoms with E-state index < -0.39 is 5.97 Å². The number of hydrogen-bond acceptors (Lipinski definition) is 3. The molecule has 5 heteroatoms. The zero-order valence-corrected chi connectivity index (χ0v) is 12.2. The van der Waals surface area contributed by atoms with Gasteiger partial charge in [0.2, 0.25) is 5.91 Å². The van der Waals surface area contributed by atoms with Crippen LogP contribution >= 0.6 is 11.8 Å². The minimum atomic E-state index is -0.843. The van der Waals surface area contributed by atoms with Crippen LogP contribution in [0.25, 0.3) is 0 Å². The van der Waals surface area contributed by atoms with Gasteiger partial charge >= 0.3 is 5.97 Å². The van der Waals surface area contributed by atoms with E-state index in [0.717, 1.165) is 24.8 Å². The molecule has 0 aromatic heterocycles. The molecule has 1 amide bonds. The number of nitrogens with one attached hydrogen (secondary N) is 1. The number of rotatable bonds is 8. The molecule has 106 valence electrons. The highest BCUT2D eigenvalue weighted by atomic mass is 32.2. The van der Waals surface area contributed by atoms with Crippen molar-refractivity contribution < 1.29 is 14.7 Å². The van der Waals surface area contributed by atoms with Crippen LogP contribution in [0.5, 0.6) is 0 Å². The van der Waals surface area contributed by atoms with Gasteiger partial charge in [-0.2, -0.15) is 0 Å². The first-order valence-electron chi connectivity index (χ1n) is 5.85. The average molecular weight is 283 g/mol. The summed E-state index contributed by atoms with van der Waals surface area (Å²) < 4.78 is 0. The number of thioether (sulfide) groups is 1. The average Bonchev–Trinajstić information content (AvgIpc) is 2.42. The third kappa shape index (κ3) is 14.3. The summed E-state index contributed by atoms with van der Waals surface area (Å²) in [5, 5.41) is 12.7. The number of unbranched alkanes of at least 4 members (excludes halogenated alkanes) is 1. The molecule has 0 atom stereocenters. The van der Waals surface area contributed by atoms with Crippen LogP contribution < -0.4 is 5.32 Å². The smallest absolute Gasteiger partial charge is 0.313 e. The maximum atomic E-state index is 11.2. The zero-order valence-electron chi connectivity index (χ0n) is 11.4. The lowest BCUT2D eigenvalue weighted by Gasteiger charge is -2.00. The van der Waals surface area contributed by atoms with Crippen molar-refractivity contribution in [2.24, 2.45) is 0 Å². The van der Waals surface area contributed by atoms with Crippen molar-refractivity contribution in [2.75, 3.05) is 12.8 Å². The van der Waals surface area contributed by atoms with E-state index >= 15 is 0 Å². The fourth-order valence-corrected chi connectivity index (χ4v) is 1.59. The molecule has 2 N–H and O–H groups in total. The monoisotopic (exact) mass is 283 g/mol. The van der Waals surface area contributed by atoms with Gasteiger partial charge in [0.05, 0.1) is 5.75 Å². The van der Waals surface area contributed by atoms with Gasteiger partial charge in [0.1, 0.15) is 0 Å². The molecule has 19 heavy (non-hydrogen) atoms. The molecule has 0 radical (unpaired) electrons. The SMILES string of the molecule is C#C.CCCCC(=C/C(=O)NC)/C=C/SCC(=O)O. The van der Waals surface area contributed by atoms with E-state index in [-0.39, 0.29) is 11.7 Å². The molecule has 0 aromatic rings. The highest BCUT2D eigenvalue weighted by Gasteiger charge is 1.98. The third-order valence-electron chi connectivity index (χ3n) is 1.97. The highest BCUT2D eigenvalue weighted by molar-refractivity contribution is 8.02. The summed E-state index contributed by atoms with van der Waals surface area (Å²) >= 11 is 1.21. The minimum absolute atomic E-state index is 0.0392. The number of amides is 1. The maximum Gasteiger partial charge on any atom is 0.313 e. The van der Waals surface area contributed by atoms with E-state index in [0.29, 0.717) is 0 Å². The first-order chi connectivity index (χ1) is 9.10. The fourth-order valence-electron chi connectivity index (χ4n) is 1.08. The fraction of sp³-hybridized carbons (Fsp3) is 0.429. The van der Waals surface area contributed by atoms with Crippen LogP contribution in [0.15, 0.2) is 23.1 Å². The Hall–Kier alpha value is -1.67. The van der Waals surface area contributed by atoms with E-state index in [1.54, 1.807) is 24.6 Å². The predicted molar refractivity (Wildman–Crippen MR) is 80.8 cm³/mol. The first-order valence-corrected chi connectivity index (χ1v) is 6.90. The maximum absolute atomic E-state index is 11.2. The molecule has 0 aromatic carbocycles. The van der Waals surface area contributed by atoms with Crippen LogP contribution in [0.1, 0.15) is 26.2 Å². The molecule has 0 rings (SSSR count). The Kier molecular flexibility index (Phi) is 14.9. The molecule has 0 spiro atoms. The summed E-state index contributed by atoms with van der Waals surface area (Å²) in [5.41, 5.74) is 0.920. The van der Waals surface area contributed by atoms with Crippen LogP contribution in [0, 0.1) is 12.8 Å². The Labute approximate surface area is 119 Å². The molecule has 0 saturated heterocycles. The van der Waals surface area contributed by atoms with Crippen LogP contribution in [0.3, 0.4) is 0 Å². The molecule has 0 unspecified atom stereocenters. The number of allylic oxidation sites excluding steroid dienone is 2. The van der Waals surface area contributed by atoms with Gasteiger partial charge in [-0.05, 0) is 23.8 Å². The quantitative estimate of drug-likeness (QED) is 0.408. The van der Waals surface area contributed by atoms with Crippen LogP contribution in [-0.2, 0) is 9.59 Å². The number of carboxylic acid groups (broad SMARTS) is 1. The molecule has 0 heterocycles. The van der Waals surface area contributed by atoms with E-state index in [1.165, 1.54) is 11.8 Å². The van der Waals surface area contributed by atoms with E-state index in [4.69, 9.17) is 5.11 Å². The summed E-state index contributed by atoms with van der Waals surface area (Å²) in [5.74, 6) is -0.939. The Bertz CT molecular complexity index is 346. The van der Waals surface area contributed by atoms with Crippen LogP contribution in [-0.4, -0.2) is 29.8 Å². The molecule has 0 fully saturated rings. The summed E-state index contributed by atoms with van der Waals surface area (Å²) in [6.07, 6.45) is 14.2. The molecule has 0 saturated carbocycles. The third-order valence-corrected chi connectivity index (χ3v) is 2.71. The van der Waals surface area contributed by atoms with Gasteiger partial charge in [-0.15, -0.1) is 24.6 Å². The highest BCUT2D eigenvalue weighted by Crippen LogP contribution is 2.12. The Balaban J connectivity index is 0. The number of aliphatic carboxylic acids is 1. The van der Waals surface area contributed by atoms with Crippen molar-refractivity contribution in [3.05, 3.63) is 23.1 Å². The number of hydrogen-bond donors (Lipinski definition) is 2. The van der Waals surface area contributed by atoms with Gasteiger partial charge < -0.3 is 10.4 Å². The summed E-state index contributed by atoms with van der Waals surface area (Å²) in [6.45, 7) is 2.08. The zero-order chi connectivity index (χ0) is 15.1. The minimum Gasteiger partial charge on any atom is -0.481 e. The number of carbonyl (C=O) groups excluding carboxylic acids is 1. The van der Waals surface area contributed by atoms with Gasteiger partial charge in [-0.1, -0.05) is 19.4 Å². The Morgan fingerprint density at radius 2 is 2.00 bits per heavy atom. The van der Waals surface area contributed by atoms with E-state index in [9.17, 15) is 9.59 Å². The molecular formula is C14H21NO3S.